The molecule has 2 heterocycles. The van der Waals surface area contributed by atoms with Crippen LogP contribution in [0.1, 0.15) is 37.4 Å². The molecule has 0 radical (unpaired) electrons. The quantitative estimate of drug-likeness (QED) is 0.849. The molecule has 1 aliphatic heterocycles. The molecular formula is C21H27N3O3. The predicted octanol–water partition coefficient (Wildman–Crippen LogP) is 2.96. The summed E-state index contributed by atoms with van der Waals surface area (Å²) in [4.78, 5) is 30.6. The van der Waals surface area contributed by atoms with Crippen molar-refractivity contribution in [2.45, 2.75) is 39.5 Å². The number of likely N-dealkylation sites (tertiary alicyclic amines) is 1. The molecule has 1 aromatic heterocycles. The van der Waals surface area contributed by atoms with Gasteiger partial charge in [-0.15, -0.1) is 0 Å². The van der Waals surface area contributed by atoms with Crippen LogP contribution < -0.4 is 5.32 Å². The first-order valence-electron chi connectivity index (χ1n) is 9.63. The first-order chi connectivity index (χ1) is 13.1. The van der Waals surface area contributed by atoms with E-state index in [0.717, 1.165) is 30.6 Å². The molecule has 1 atom stereocenters. The van der Waals surface area contributed by atoms with Crippen LogP contribution in [0, 0.1) is 12.8 Å². The fraction of sp³-hybridized carbons (Fsp3) is 0.476. The Kier molecular flexibility index (Phi) is 6.27. The first kappa shape index (κ1) is 19.1. The zero-order valence-electron chi connectivity index (χ0n) is 16.0. The number of nitrogens with one attached hydrogen (secondary N) is 1. The molecule has 0 aliphatic carbocycles. The van der Waals surface area contributed by atoms with Crippen LogP contribution >= 0.6 is 0 Å². The summed E-state index contributed by atoms with van der Waals surface area (Å²) in [5.74, 6) is 0.622. The van der Waals surface area contributed by atoms with Gasteiger partial charge in [-0.05, 0) is 31.9 Å². The van der Waals surface area contributed by atoms with Gasteiger partial charge in [0.05, 0.1) is 11.6 Å². The third kappa shape index (κ3) is 4.96. The normalized spacial score (nSPS) is 17.0. The molecular weight excluding hydrogens is 342 g/mol. The minimum Gasteiger partial charge on any atom is -0.444 e. The number of rotatable bonds is 6. The topological polar surface area (TPSA) is 75.4 Å². The SMILES string of the molecule is CCC(=O)N1CCCC(C(=O)NCCc2coc(-c3ccc(C)cc3)n2)C1. The summed E-state index contributed by atoms with van der Waals surface area (Å²) in [5.41, 5.74) is 2.95. The lowest BCUT2D eigenvalue weighted by Gasteiger charge is -2.31. The van der Waals surface area contributed by atoms with Crippen molar-refractivity contribution < 1.29 is 14.0 Å². The lowest BCUT2D eigenvalue weighted by atomic mass is 9.97. The van der Waals surface area contributed by atoms with Crippen molar-refractivity contribution in [1.82, 2.24) is 15.2 Å². The highest BCUT2D eigenvalue weighted by molar-refractivity contribution is 5.81. The Labute approximate surface area is 160 Å². The monoisotopic (exact) mass is 369 g/mol. The maximum Gasteiger partial charge on any atom is 0.226 e. The minimum absolute atomic E-state index is 0.0193. The zero-order chi connectivity index (χ0) is 19.2. The smallest absolute Gasteiger partial charge is 0.226 e. The van der Waals surface area contributed by atoms with E-state index in [1.807, 2.05) is 38.1 Å². The molecule has 144 valence electrons. The summed E-state index contributed by atoms with van der Waals surface area (Å²) in [7, 11) is 0. The van der Waals surface area contributed by atoms with Gasteiger partial charge in [0.2, 0.25) is 17.7 Å². The largest absolute Gasteiger partial charge is 0.444 e. The molecule has 3 rings (SSSR count). The molecule has 0 bridgehead atoms. The molecule has 1 N–H and O–H groups in total. The van der Waals surface area contributed by atoms with E-state index in [0.29, 0.717) is 31.8 Å². The Hall–Kier alpha value is -2.63. The third-order valence-corrected chi connectivity index (χ3v) is 4.98. The molecule has 2 amide bonds. The fourth-order valence-electron chi connectivity index (χ4n) is 3.35. The van der Waals surface area contributed by atoms with Crippen LogP contribution in [-0.4, -0.2) is 41.3 Å². The van der Waals surface area contributed by atoms with E-state index < -0.39 is 0 Å². The van der Waals surface area contributed by atoms with Crippen molar-refractivity contribution >= 4 is 11.8 Å². The Morgan fingerprint density at radius 3 is 2.81 bits per heavy atom. The number of carbonyl (C=O) groups excluding carboxylic acids is 2. The summed E-state index contributed by atoms with van der Waals surface area (Å²) in [6.07, 6.45) is 4.47. The average Bonchev–Trinajstić information content (AvgIpc) is 3.16. The summed E-state index contributed by atoms with van der Waals surface area (Å²) in [6, 6.07) is 8.02. The van der Waals surface area contributed by atoms with Gasteiger partial charge in [-0.25, -0.2) is 4.98 Å². The van der Waals surface area contributed by atoms with Crippen molar-refractivity contribution in [3.8, 4) is 11.5 Å². The highest BCUT2D eigenvalue weighted by Crippen LogP contribution is 2.20. The molecule has 2 aromatic rings. The van der Waals surface area contributed by atoms with Crippen LogP contribution in [0.2, 0.25) is 0 Å². The van der Waals surface area contributed by atoms with Crippen LogP contribution in [0.15, 0.2) is 34.9 Å². The number of hydrogen-bond donors (Lipinski definition) is 1. The van der Waals surface area contributed by atoms with Crippen molar-refractivity contribution in [3.05, 3.63) is 41.8 Å². The van der Waals surface area contributed by atoms with E-state index in [1.165, 1.54) is 5.56 Å². The minimum atomic E-state index is -0.116. The van der Waals surface area contributed by atoms with Gasteiger partial charge < -0.3 is 14.6 Å². The first-order valence-corrected chi connectivity index (χ1v) is 9.63. The van der Waals surface area contributed by atoms with Gasteiger partial charge in [0.1, 0.15) is 6.26 Å². The van der Waals surface area contributed by atoms with Crippen LogP contribution in [0.3, 0.4) is 0 Å². The Morgan fingerprint density at radius 2 is 2.07 bits per heavy atom. The van der Waals surface area contributed by atoms with Crippen molar-refractivity contribution in [2.24, 2.45) is 5.92 Å². The predicted molar refractivity (Wildman–Crippen MR) is 103 cm³/mol. The number of carbonyl (C=O) groups is 2. The Balaban J connectivity index is 1.47. The molecule has 27 heavy (non-hydrogen) atoms. The maximum absolute atomic E-state index is 12.4. The van der Waals surface area contributed by atoms with Gasteiger partial charge in [-0.2, -0.15) is 0 Å². The number of oxazole rings is 1. The van der Waals surface area contributed by atoms with Gasteiger partial charge in [-0.3, -0.25) is 9.59 Å². The lowest BCUT2D eigenvalue weighted by molar-refractivity contribution is -0.135. The number of hydrogen-bond acceptors (Lipinski definition) is 4. The van der Waals surface area contributed by atoms with E-state index in [9.17, 15) is 9.59 Å². The van der Waals surface area contributed by atoms with Crippen LogP contribution in [0.4, 0.5) is 0 Å². The standard InChI is InChI=1S/C21H27N3O3/c1-3-19(25)24-12-4-5-17(13-24)20(26)22-11-10-18-14-27-21(23-18)16-8-6-15(2)7-9-16/h6-9,14,17H,3-5,10-13H2,1-2H3,(H,22,26). The van der Waals surface area contributed by atoms with Crippen LogP contribution in [-0.2, 0) is 16.0 Å². The molecule has 1 unspecified atom stereocenters. The van der Waals surface area contributed by atoms with Gasteiger partial charge in [-0.1, -0.05) is 24.6 Å². The van der Waals surface area contributed by atoms with Gasteiger partial charge >= 0.3 is 0 Å². The van der Waals surface area contributed by atoms with Gasteiger partial charge in [0, 0.05) is 38.0 Å². The molecule has 6 nitrogen and oxygen atoms in total. The second-order valence-corrected chi connectivity index (χ2v) is 7.08. The van der Waals surface area contributed by atoms with Crippen molar-refractivity contribution in [2.75, 3.05) is 19.6 Å². The molecule has 1 fully saturated rings. The van der Waals surface area contributed by atoms with E-state index in [4.69, 9.17) is 4.42 Å². The van der Waals surface area contributed by atoms with E-state index in [-0.39, 0.29) is 17.7 Å². The summed E-state index contributed by atoms with van der Waals surface area (Å²) < 4.78 is 5.55. The number of amides is 2. The second-order valence-electron chi connectivity index (χ2n) is 7.08. The zero-order valence-corrected chi connectivity index (χ0v) is 16.0. The highest BCUT2D eigenvalue weighted by atomic mass is 16.3. The number of piperidine rings is 1. The Bertz CT molecular complexity index is 782. The maximum atomic E-state index is 12.4. The second kappa shape index (κ2) is 8.84. The summed E-state index contributed by atoms with van der Waals surface area (Å²) in [6.45, 7) is 5.69. The van der Waals surface area contributed by atoms with Crippen LogP contribution in [0.5, 0.6) is 0 Å². The Morgan fingerprint density at radius 1 is 1.30 bits per heavy atom. The molecule has 0 saturated carbocycles. The number of nitrogens with zero attached hydrogens (tertiary/aromatic N) is 2. The summed E-state index contributed by atoms with van der Waals surface area (Å²) in [5, 5.41) is 2.98. The van der Waals surface area contributed by atoms with Gasteiger partial charge in [0.25, 0.3) is 0 Å². The third-order valence-electron chi connectivity index (χ3n) is 4.98. The molecule has 6 heteroatoms. The fourth-order valence-corrected chi connectivity index (χ4v) is 3.35. The molecule has 0 spiro atoms. The number of aromatic nitrogens is 1. The van der Waals surface area contributed by atoms with E-state index in [1.54, 1.807) is 11.2 Å². The number of benzene rings is 1. The van der Waals surface area contributed by atoms with Crippen molar-refractivity contribution in [1.29, 1.82) is 0 Å². The molecule has 1 saturated heterocycles. The molecule has 1 aromatic carbocycles. The number of aryl methyl sites for hydroxylation is 1. The summed E-state index contributed by atoms with van der Waals surface area (Å²) >= 11 is 0. The average molecular weight is 369 g/mol. The van der Waals surface area contributed by atoms with Gasteiger partial charge in [0.15, 0.2) is 0 Å². The lowest BCUT2D eigenvalue weighted by Crippen LogP contribution is -2.45. The molecule has 1 aliphatic rings. The van der Waals surface area contributed by atoms with Crippen LogP contribution in [0.25, 0.3) is 11.5 Å². The van der Waals surface area contributed by atoms with Crippen molar-refractivity contribution in [3.63, 3.8) is 0 Å². The highest BCUT2D eigenvalue weighted by Gasteiger charge is 2.27. The van der Waals surface area contributed by atoms with E-state index >= 15 is 0 Å². The van der Waals surface area contributed by atoms with E-state index in [2.05, 4.69) is 10.3 Å².